The molecule has 1 aliphatic heterocycles. The van der Waals surface area contributed by atoms with Gasteiger partial charge in [-0.05, 0) is 25.3 Å². The molecule has 0 bridgehead atoms. The molecule has 0 amide bonds. The highest BCUT2D eigenvalue weighted by molar-refractivity contribution is 5.92. The third-order valence-electron chi connectivity index (χ3n) is 4.23. The number of pyridine rings is 2. The molecule has 2 aromatic heterocycles. The Labute approximate surface area is 130 Å². The third kappa shape index (κ3) is 2.26. The summed E-state index contributed by atoms with van der Waals surface area (Å²) in [7, 11) is 0. The first-order valence-electron chi connectivity index (χ1n) is 7.56. The molecular weight excluding hydrogens is 303 g/mol. The van der Waals surface area contributed by atoms with Gasteiger partial charge in [-0.1, -0.05) is 0 Å². The molecule has 3 heterocycles. The molecule has 4 rings (SSSR count). The molecule has 1 aliphatic carbocycles. The SMILES string of the molecule is O=C(O)c1cn(C2CC2)c2nc(N3CCCN3)c(F)cc2c1=O. The van der Waals surface area contributed by atoms with Crippen molar-refractivity contribution < 1.29 is 14.3 Å². The van der Waals surface area contributed by atoms with Gasteiger partial charge >= 0.3 is 5.97 Å². The minimum Gasteiger partial charge on any atom is -0.477 e. The van der Waals surface area contributed by atoms with Gasteiger partial charge in [0.05, 0.1) is 5.39 Å². The molecule has 23 heavy (non-hydrogen) atoms. The van der Waals surface area contributed by atoms with Crippen LogP contribution in [0.2, 0.25) is 0 Å². The summed E-state index contributed by atoms with van der Waals surface area (Å²) in [6, 6.07) is 1.22. The van der Waals surface area contributed by atoms with E-state index in [1.807, 2.05) is 0 Å². The van der Waals surface area contributed by atoms with Gasteiger partial charge in [-0.3, -0.25) is 9.80 Å². The van der Waals surface area contributed by atoms with Crippen LogP contribution in [0.5, 0.6) is 0 Å². The van der Waals surface area contributed by atoms with E-state index >= 15 is 0 Å². The van der Waals surface area contributed by atoms with E-state index in [0.717, 1.165) is 31.9 Å². The zero-order valence-corrected chi connectivity index (χ0v) is 12.3. The fraction of sp³-hybridized carbons (Fsp3) is 0.400. The Kier molecular flexibility index (Phi) is 3.08. The van der Waals surface area contributed by atoms with Gasteiger partial charge in [0.25, 0.3) is 0 Å². The number of rotatable bonds is 3. The molecule has 0 unspecified atom stereocenters. The number of anilines is 1. The normalized spacial score (nSPS) is 17.9. The van der Waals surface area contributed by atoms with E-state index in [1.165, 1.54) is 6.20 Å². The van der Waals surface area contributed by atoms with Gasteiger partial charge < -0.3 is 9.67 Å². The number of carboxylic acids is 1. The lowest BCUT2D eigenvalue weighted by atomic mass is 10.2. The Morgan fingerprint density at radius 1 is 1.43 bits per heavy atom. The lowest BCUT2D eigenvalue weighted by molar-refractivity contribution is 0.0695. The highest BCUT2D eigenvalue weighted by Gasteiger charge is 2.29. The van der Waals surface area contributed by atoms with Gasteiger partial charge in [-0.2, -0.15) is 0 Å². The van der Waals surface area contributed by atoms with Gasteiger partial charge in [0.1, 0.15) is 11.2 Å². The van der Waals surface area contributed by atoms with Gasteiger partial charge in [-0.15, -0.1) is 0 Å². The Morgan fingerprint density at radius 2 is 2.22 bits per heavy atom. The summed E-state index contributed by atoms with van der Waals surface area (Å²) in [5, 5.41) is 10.8. The van der Waals surface area contributed by atoms with E-state index in [0.29, 0.717) is 12.2 Å². The molecule has 2 aromatic rings. The smallest absolute Gasteiger partial charge is 0.341 e. The highest BCUT2D eigenvalue weighted by atomic mass is 19.1. The van der Waals surface area contributed by atoms with Crippen molar-refractivity contribution in [2.75, 3.05) is 18.1 Å². The number of halogens is 1. The van der Waals surface area contributed by atoms with Gasteiger partial charge in [0.15, 0.2) is 11.6 Å². The Balaban J connectivity index is 2.00. The van der Waals surface area contributed by atoms with Crippen molar-refractivity contribution in [2.45, 2.75) is 25.3 Å². The maximum atomic E-state index is 14.4. The van der Waals surface area contributed by atoms with Gasteiger partial charge in [0.2, 0.25) is 5.43 Å². The molecule has 0 radical (unpaired) electrons. The van der Waals surface area contributed by atoms with Crippen LogP contribution in [-0.4, -0.2) is 33.7 Å². The first-order chi connectivity index (χ1) is 11.1. The van der Waals surface area contributed by atoms with Crippen molar-refractivity contribution in [2.24, 2.45) is 0 Å². The average Bonchev–Trinajstić information content (AvgIpc) is 3.21. The number of nitrogens with one attached hydrogen (secondary N) is 1. The van der Waals surface area contributed by atoms with Crippen LogP contribution in [0.15, 0.2) is 17.1 Å². The lowest BCUT2D eigenvalue weighted by Gasteiger charge is -2.19. The van der Waals surface area contributed by atoms with E-state index in [-0.39, 0.29) is 22.8 Å². The number of fused-ring (bicyclic) bond motifs is 1. The second-order valence-corrected chi connectivity index (χ2v) is 5.89. The molecule has 2 aliphatic rings. The number of carbonyl (C=O) groups is 1. The maximum absolute atomic E-state index is 14.4. The van der Waals surface area contributed by atoms with Crippen molar-refractivity contribution in [1.29, 1.82) is 0 Å². The fourth-order valence-corrected chi connectivity index (χ4v) is 2.92. The van der Waals surface area contributed by atoms with Crippen LogP contribution in [0, 0.1) is 5.82 Å². The van der Waals surface area contributed by atoms with Crippen LogP contribution in [0.3, 0.4) is 0 Å². The van der Waals surface area contributed by atoms with Crippen molar-refractivity contribution in [3.05, 3.63) is 33.9 Å². The lowest BCUT2D eigenvalue weighted by Crippen LogP contribution is -2.32. The molecule has 7 nitrogen and oxygen atoms in total. The standard InChI is InChI=1S/C15H15FN4O3/c16-11-6-9-12(21)10(15(22)23)7-19(8-2-3-8)13(9)18-14(11)20-5-1-4-17-20/h6-8,17H,1-5H2,(H,22,23). The van der Waals surface area contributed by atoms with Crippen LogP contribution < -0.4 is 15.9 Å². The zero-order chi connectivity index (χ0) is 16.1. The summed E-state index contributed by atoms with van der Waals surface area (Å²) in [5.41, 5.74) is 2.33. The van der Waals surface area contributed by atoms with Crippen molar-refractivity contribution in [3.63, 3.8) is 0 Å². The van der Waals surface area contributed by atoms with E-state index in [4.69, 9.17) is 0 Å². The predicted octanol–water partition coefficient (Wildman–Crippen LogP) is 1.28. The fourth-order valence-electron chi connectivity index (χ4n) is 2.92. The number of nitrogens with zero attached hydrogens (tertiary/aromatic N) is 3. The molecule has 0 atom stereocenters. The molecule has 2 fully saturated rings. The summed E-state index contributed by atoms with van der Waals surface area (Å²) < 4.78 is 16.1. The zero-order valence-electron chi connectivity index (χ0n) is 12.3. The first-order valence-corrected chi connectivity index (χ1v) is 7.56. The summed E-state index contributed by atoms with van der Waals surface area (Å²) >= 11 is 0. The Morgan fingerprint density at radius 3 is 2.83 bits per heavy atom. The number of hydrogen-bond donors (Lipinski definition) is 2. The number of hydrazine groups is 1. The minimum atomic E-state index is -1.31. The molecule has 1 saturated carbocycles. The first kappa shape index (κ1) is 14.1. The quantitative estimate of drug-likeness (QED) is 0.886. The molecule has 120 valence electrons. The molecular formula is C15H15FN4O3. The number of carboxylic acid groups (broad SMARTS) is 1. The molecule has 0 spiro atoms. The monoisotopic (exact) mass is 318 g/mol. The van der Waals surface area contributed by atoms with Crippen molar-refractivity contribution >= 4 is 22.8 Å². The number of aromatic carboxylic acids is 1. The molecule has 8 heteroatoms. The van der Waals surface area contributed by atoms with Crippen LogP contribution in [0.25, 0.3) is 11.0 Å². The summed E-state index contributed by atoms with van der Waals surface area (Å²) in [4.78, 5) is 27.9. The molecule has 2 N–H and O–H groups in total. The van der Waals surface area contributed by atoms with Crippen molar-refractivity contribution in [3.8, 4) is 0 Å². The van der Waals surface area contributed by atoms with E-state index in [9.17, 15) is 19.1 Å². The average molecular weight is 318 g/mol. The van der Waals surface area contributed by atoms with E-state index in [1.54, 1.807) is 9.58 Å². The largest absolute Gasteiger partial charge is 0.477 e. The maximum Gasteiger partial charge on any atom is 0.341 e. The van der Waals surface area contributed by atoms with Gasteiger partial charge in [-0.25, -0.2) is 19.6 Å². The third-order valence-corrected chi connectivity index (χ3v) is 4.23. The number of hydrogen-bond acceptors (Lipinski definition) is 5. The second-order valence-electron chi connectivity index (χ2n) is 5.89. The Hall–Kier alpha value is -2.48. The van der Waals surface area contributed by atoms with Crippen LogP contribution >= 0.6 is 0 Å². The molecule has 0 aromatic carbocycles. The minimum absolute atomic E-state index is 0.0113. The summed E-state index contributed by atoms with van der Waals surface area (Å²) in [5.74, 6) is -1.79. The summed E-state index contributed by atoms with van der Waals surface area (Å²) in [6.45, 7) is 1.38. The van der Waals surface area contributed by atoms with E-state index < -0.39 is 17.2 Å². The topological polar surface area (TPSA) is 87.5 Å². The van der Waals surface area contributed by atoms with Gasteiger partial charge in [0, 0.05) is 25.3 Å². The van der Waals surface area contributed by atoms with Crippen LogP contribution in [0.4, 0.5) is 10.2 Å². The summed E-state index contributed by atoms with van der Waals surface area (Å²) in [6.07, 6.45) is 4.00. The van der Waals surface area contributed by atoms with Crippen LogP contribution in [-0.2, 0) is 0 Å². The highest BCUT2D eigenvalue weighted by Crippen LogP contribution is 2.37. The molecule has 1 saturated heterocycles. The number of aromatic nitrogens is 2. The van der Waals surface area contributed by atoms with Crippen LogP contribution in [0.1, 0.15) is 35.7 Å². The van der Waals surface area contributed by atoms with Crippen molar-refractivity contribution in [1.82, 2.24) is 15.0 Å². The Bertz CT molecular complexity index is 869. The second kappa shape index (κ2) is 5.02. The van der Waals surface area contributed by atoms with E-state index in [2.05, 4.69) is 10.4 Å². The predicted molar refractivity (Wildman–Crippen MR) is 81.2 cm³/mol.